The standard InChI is InChI=1S/C10H21NO2/c1-9(12)11-6-8-13-7-5-10(2,3)4/h5-8H2,1-4H3,(H,11,12). The molecule has 0 bridgehead atoms. The van der Waals surface area contributed by atoms with Gasteiger partial charge in [0, 0.05) is 20.1 Å². The third kappa shape index (κ3) is 11.4. The molecule has 0 saturated carbocycles. The number of carbonyl (C=O) groups is 1. The molecule has 0 unspecified atom stereocenters. The van der Waals surface area contributed by atoms with Gasteiger partial charge in [-0.05, 0) is 11.8 Å². The van der Waals surface area contributed by atoms with Crippen molar-refractivity contribution in [2.45, 2.75) is 34.1 Å². The molecule has 0 aliphatic heterocycles. The predicted octanol–water partition coefficient (Wildman–Crippen LogP) is 1.58. The monoisotopic (exact) mass is 187 g/mol. The zero-order valence-corrected chi connectivity index (χ0v) is 9.14. The van der Waals surface area contributed by atoms with Crippen LogP contribution in [-0.2, 0) is 9.53 Å². The van der Waals surface area contributed by atoms with Gasteiger partial charge in [-0.3, -0.25) is 4.79 Å². The summed E-state index contributed by atoms with van der Waals surface area (Å²) in [5.41, 5.74) is 0.327. The van der Waals surface area contributed by atoms with Gasteiger partial charge in [-0.2, -0.15) is 0 Å². The zero-order valence-electron chi connectivity index (χ0n) is 9.14. The maximum Gasteiger partial charge on any atom is 0.216 e. The van der Waals surface area contributed by atoms with Crippen molar-refractivity contribution >= 4 is 5.91 Å². The summed E-state index contributed by atoms with van der Waals surface area (Å²) in [5, 5.41) is 2.68. The number of ether oxygens (including phenoxy) is 1. The highest BCUT2D eigenvalue weighted by atomic mass is 16.5. The van der Waals surface area contributed by atoms with Gasteiger partial charge < -0.3 is 10.1 Å². The van der Waals surface area contributed by atoms with Crippen LogP contribution in [0.25, 0.3) is 0 Å². The molecule has 3 nitrogen and oxygen atoms in total. The molecule has 0 fully saturated rings. The number of rotatable bonds is 5. The molecule has 0 saturated heterocycles. The molecule has 0 rings (SSSR count). The minimum atomic E-state index is -0.000536. The Bertz CT molecular complexity index is 149. The number of hydrogen-bond acceptors (Lipinski definition) is 2. The average Bonchev–Trinajstić information content (AvgIpc) is 1.93. The van der Waals surface area contributed by atoms with E-state index in [0.717, 1.165) is 13.0 Å². The van der Waals surface area contributed by atoms with Gasteiger partial charge in [-0.15, -0.1) is 0 Å². The van der Waals surface area contributed by atoms with Gasteiger partial charge in [0.1, 0.15) is 0 Å². The molecule has 0 aliphatic carbocycles. The van der Waals surface area contributed by atoms with Gasteiger partial charge in [-0.25, -0.2) is 0 Å². The van der Waals surface area contributed by atoms with Crippen molar-refractivity contribution in [1.82, 2.24) is 5.32 Å². The van der Waals surface area contributed by atoms with Crippen LogP contribution in [0.2, 0.25) is 0 Å². The van der Waals surface area contributed by atoms with E-state index in [1.54, 1.807) is 0 Å². The van der Waals surface area contributed by atoms with Crippen LogP contribution in [0.4, 0.5) is 0 Å². The highest BCUT2D eigenvalue weighted by Gasteiger charge is 2.08. The van der Waals surface area contributed by atoms with Crippen molar-refractivity contribution in [2.75, 3.05) is 19.8 Å². The van der Waals surface area contributed by atoms with Crippen LogP contribution in [0.1, 0.15) is 34.1 Å². The molecule has 0 radical (unpaired) electrons. The summed E-state index contributed by atoms with van der Waals surface area (Å²) < 4.78 is 5.35. The summed E-state index contributed by atoms with van der Waals surface area (Å²) in [4.78, 5) is 10.5. The van der Waals surface area contributed by atoms with Gasteiger partial charge in [-0.1, -0.05) is 20.8 Å². The van der Waals surface area contributed by atoms with Crippen molar-refractivity contribution in [3.05, 3.63) is 0 Å². The summed E-state index contributed by atoms with van der Waals surface area (Å²) >= 11 is 0. The Morgan fingerprint density at radius 3 is 2.38 bits per heavy atom. The summed E-state index contributed by atoms with van der Waals surface area (Å²) in [6.45, 7) is 10.0. The molecule has 0 aromatic heterocycles. The molecule has 0 aromatic rings. The third-order valence-electron chi connectivity index (χ3n) is 1.62. The maximum atomic E-state index is 10.5. The Labute approximate surface area is 80.8 Å². The van der Waals surface area contributed by atoms with Crippen molar-refractivity contribution in [1.29, 1.82) is 0 Å². The number of carbonyl (C=O) groups excluding carboxylic acids is 1. The van der Waals surface area contributed by atoms with E-state index < -0.39 is 0 Å². The van der Waals surface area contributed by atoms with Crippen molar-refractivity contribution < 1.29 is 9.53 Å². The summed E-state index contributed by atoms with van der Waals surface area (Å²) in [5.74, 6) is -0.000536. The Morgan fingerprint density at radius 1 is 1.31 bits per heavy atom. The Hall–Kier alpha value is -0.570. The SMILES string of the molecule is CC(=O)NCCOCCC(C)(C)C. The van der Waals surface area contributed by atoms with E-state index in [4.69, 9.17) is 4.74 Å². The van der Waals surface area contributed by atoms with E-state index >= 15 is 0 Å². The normalized spacial score (nSPS) is 11.4. The topological polar surface area (TPSA) is 38.3 Å². The minimum Gasteiger partial charge on any atom is -0.380 e. The lowest BCUT2D eigenvalue weighted by Gasteiger charge is -2.17. The molecule has 0 aliphatic rings. The lowest BCUT2D eigenvalue weighted by Crippen LogP contribution is -2.24. The van der Waals surface area contributed by atoms with Crippen LogP contribution in [0.5, 0.6) is 0 Å². The minimum absolute atomic E-state index is 0.000536. The fourth-order valence-corrected chi connectivity index (χ4v) is 0.780. The molecule has 0 spiro atoms. The van der Waals surface area contributed by atoms with Gasteiger partial charge in [0.15, 0.2) is 0 Å². The molecule has 13 heavy (non-hydrogen) atoms. The van der Waals surface area contributed by atoms with Crippen LogP contribution in [0.15, 0.2) is 0 Å². The van der Waals surface area contributed by atoms with Gasteiger partial charge in [0.25, 0.3) is 0 Å². The van der Waals surface area contributed by atoms with Crippen LogP contribution in [-0.4, -0.2) is 25.7 Å². The second-order valence-electron chi connectivity index (χ2n) is 4.41. The first-order valence-electron chi connectivity index (χ1n) is 4.74. The highest BCUT2D eigenvalue weighted by molar-refractivity contribution is 5.72. The third-order valence-corrected chi connectivity index (χ3v) is 1.62. The second-order valence-corrected chi connectivity index (χ2v) is 4.41. The van der Waals surface area contributed by atoms with Crippen LogP contribution in [0.3, 0.4) is 0 Å². The van der Waals surface area contributed by atoms with E-state index in [-0.39, 0.29) is 5.91 Å². The average molecular weight is 187 g/mol. The van der Waals surface area contributed by atoms with E-state index in [1.807, 2.05) is 0 Å². The van der Waals surface area contributed by atoms with Crippen LogP contribution < -0.4 is 5.32 Å². The van der Waals surface area contributed by atoms with E-state index in [9.17, 15) is 4.79 Å². The molecule has 0 aromatic carbocycles. The lowest BCUT2D eigenvalue weighted by molar-refractivity contribution is -0.119. The first-order chi connectivity index (χ1) is 5.92. The second kappa shape index (κ2) is 5.97. The van der Waals surface area contributed by atoms with Gasteiger partial charge in [0.05, 0.1) is 6.61 Å². The van der Waals surface area contributed by atoms with Crippen molar-refractivity contribution in [3.8, 4) is 0 Å². The predicted molar refractivity (Wildman–Crippen MR) is 53.6 cm³/mol. The Balaban J connectivity index is 3.13. The molecular formula is C10H21NO2. The lowest BCUT2D eigenvalue weighted by atomic mass is 9.93. The highest BCUT2D eigenvalue weighted by Crippen LogP contribution is 2.17. The molecule has 1 N–H and O–H groups in total. The van der Waals surface area contributed by atoms with E-state index in [2.05, 4.69) is 26.1 Å². The summed E-state index contributed by atoms with van der Waals surface area (Å²) in [6.07, 6.45) is 1.05. The molecular weight excluding hydrogens is 166 g/mol. The summed E-state index contributed by atoms with van der Waals surface area (Å²) in [6, 6.07) is 0. The fourth-order valence-electron chi connectivity index (χ4n) is 0.780. The van der Waals surface area contributed by atoms with Crippen LogP contribution >= 0.6 is 0 Å². The van der Waals surface area contributed by atoms with Crippen molar-refractivity contribution in [3.63, 3.8) is 0 Å². The number of amides is 1. The zero-order chi connectivity index (χ0) is 10.3. The fraction of sp³-hybridized carbons (Fsp3) is 0.900. The van der Waals surface area contributed by atoms with Crippen LogP contribution in [0, 0.1) is 5.41 Å². The van der Waals surface area contributed by atoms with E-state index in [0.29, 0.717) is 18.6 Å². The van der Waals surface area contributed by atoms with Crippen molar-refractivity contribution in [2.24, 2.45) is 5.41 Å². The Kier molecular flexibility index (Phi) is 5.71. The molecule has 78 valence electrons. The first kappa shape index (κ1) is 12.4. The largest absolute Gasteiger partial charge is 0.380 e. The van der Waals surface area contributed by atoms with Gasteiger partial charge >= 0.3 is 0 Å². The number of hydrogen-bond donors (Lipinski definition) is 1. The molecule has 0 atom stereocenters. The Morgan fingerprint density at radius 2 is 1.92 bits per heavy atom. The molecule has 1 amide bonds. The molecule has 0 heterocycles. The molecule has 3 heteroatoms. The first-order valence-corrected chi connectivity index (χ1v) is 4.74. The summed E-state index contributed by atoms with van der Waals surface area (Å²) in [7, 11) is 0. The maximum absolute atomic E-state index is 10.5. The smallest absolute Gasteiger partial charge is 0.216 e. The quantitative estimate of drug-likeness (QED) is 0.663. The van der Waals surface area contributed by atoms with Gasteiger partial charge in [0.2, 0.25) is 5.91 Å². The number of nitrogens with one attached hydrogen (secondary N) is 1. The van der Waals surface area contributed by atoms with E-state index in [1.165, 1.54) is 6.92 Å².